The second kappa shape index (κ2) is 5.38. The van der Waals surface area contributed by atoms with E-state index >= 15 is 0 Å². The lowest BCUT2D eigenvalue weighted by atomic mass is 9.82. The molecule has 0 saturated carbocycles. The zero-order valence-corrected chi connectivity index (χ0v) is 12.0. The summed E-state index contributed by atoms with van der Waals surface area (Å²) in [4.78, 5) is 18.3. The summed E-state index contributed by atoms with van der Waals surface area (Å²) in [5, 5.41) is 14.1. The Balaban J connectivity index is 2.98. The van der Waals surface area contributed by atoms with Crippen LogP contribution in [0.2, 0.25) is 0 Å². The minimum atomic E-state index is -0.487. The van der Waals surface area contributed by atoms with Crippen molar-refractivity contribution >= 4 is 17.5 Å². The van der Waals surface area contributed by atoms with Crippen LogP contribution in [0.3, 0.4) is 0 Å². The standard InChI is InChI=1S/C12H21N5O2/c1-7(12(3,4)5)6-14-10-9(17(18)19)8(2)15-11(13)16-10/h7H,6H2,1-5H3,(H3,13,14,15,16). The van der Waals surface area contributed by atoms with Gasteiger partial charge in [0.15, 0.2) is 0 Å². The fourth-order valence-corrected chi connectivity index (χ4v) is 1.49. The van der Waals surface area contributed by atoms with E-state index in [2.05, 4.69) is 43.0 Å². The SMILES string of the molecule is Cc1nc(N)nc(NCC(C)C(C)(C)C)c1[N+](=O)[O-]. The Hall–Kier alpha value is -1.92. The molecule has 0 amide bonds. The van der Waals surface area contributed by atoms with Crippen molar-refractivity contribution < 1.29 is 4.92 Å². The number of anilines is 2. The van der Waals surface area contributed by atoms with Crippen LogP contribution in [-0.4, -0.2) is 21.4 Å². The van der Waals surface area contributed by atoms with Crippen LogP contribution >= 0.6 is 0 Å². The predicted molar refractivity (Wildman–Crippen MR) is 74.9 cm³/mol. The molecule has 0 fully saturated rings. The van der Waals surface area contributed by atoms with Crippen LogP contribution in [0.4, 0.5) is 17.5 Å². The summed E-state index contributed by atoms with van der Waals surface area (Å²) in [5.41, 5.74) is 5.79. The Bertz CT molecular complexity index is 482. The molecule has 1 aromatic heterocycles. The quantitative estimate of drug-likeness (QED) is 0.640. The van der Waals surface area contributed by atoms with E-state index in [1.165, 1.54) is 0 Å². The van der Waals surface area contributed by atoms with E-state index in [1.807, 2.05) is 0 Å². The molecule has 106 valence electrons. The van der Waals surface area contributed by atoms with Crippen molar-refractivity contribution in [3.05, 3.63) is 15.8 Å². The lowest BCUT2D eigenvalue weighted by Gasteiger charge is -2.27. The van der Waals surface area contributed by atoms with Gasteiger partial charge in [0.2, 0.25) is 11.8 Å². The highest BCUT2D eigenvalue weighted by atomic mass is 16.6. The molecule has 0 spiro atoms. The van der Waals surface area contributed by atoms with Crippen LogP contribution in [0.25, 0.3) is 0 Å². The Kier molecular flexibility index (Phi) is 4.28. The van der Waals surface area contributed by atoms with Crippen LogP contribution in [0, 0.1) is 28.4 Å². The molecule has 1 aromatic rings. The highest BCUT2D eigenvalue weighted by molar-refractivity contribution is 5.60. The molecule has 0 aromatic carbocycles. The summed E-state index contributed by atoms with van der Waals surface area (Å²) in [6.45, 7) is 10.6. The maximum absolute atomic E-state index is 11.0. The van der Waals surface area contributed by atoms with E-state index in [9.17, 15) is 10.1 Å². The van der Waals surface area contributed by atoms with Crippen molar-refractivity contribution in [1.82, 2.24) is 9.97 Å². The fourth-order valence-electron chi connectivity index (χ4n) is 1.49. The third kappa shape index (κ3) is 3.77. The summed E-state index contributed by atoms with van der Waals surface area (Å²) >= 11 is 0. The molecule has 0 aliphatic rings. The van der Waals surface area contributed by atoms with Crippen LogP contribution in [0.15, 0.2) is 0 Å². The zero-order chi connectivity index (χ0) is 14.8. The number of nitro groups is 1. The summed E-state index contributed by atoms with van der Waals surface area (Å²) in [6, 6.07) is 0. The molecule has 0 radical (unpaired) electrons. The number of rotatable bonds is 4. The molecular formula is C12H21N5O2. The fraction of sp³-hybridized carbons (Fsp3) is 0.667. The molecule has 1 rings (SSSR count). The highest BCUT2D eigenvalue weighted by Crippen LogP contribution is 2.29. The monoisotopic (exact) mass is 267 g/mol. The molecule has 0 bridgehead atoms. The van der Waals surface area contributed by atoms with Gasteiger partial charge in [-0.2, -0.15) is 4.98 Å². The van der Waals surface area contributed by atoms with Crippen LogP contribution < -0.4 is 11.1 Å². The molecule has 0 saturated heterocycles. The number of hydrogen-bond acceptors (Lipinski definition) is 6. The van der Waals surface area contributed by atoms with E-state index in [0.29, 0.717) is 12.5 Å². The van der Waals surface area contributed by atoms with Crippen LogP contribution in [-0.2, 0) is 0 Å². The Morgan fingerprint density at radius 3 is 2.47 bits per heavy atom. The third-order valence-corrected chi connectivity index (χ3v) is 3.31. The maximum Gasteiger partial charge on any atom is 0.332 e. The zero-order valence-electron chi connectivity index (χ0n) is 12.0. The number of nitrogens with one attached hydrogen (secondary N) is 1. The topological polar surface area (TPSA) is 107 Å². The van der Waals surface area contributed by atoms with E-state index in [1.54, 1.807) is 6.92 Å². The first-order valence-corrected chi connectivity index (χ1v) is 6.15. The van der Waals surface area contributed by atoms with Crippen molar-refractivity contribution in [2.24, 2.45) is 11.3 Å². The average molecular weight is 267 g/mol. The molecule has 1 heterocycles. The van der Waals surface area contributed by atoms with Gasteiger partial charge in [0.25, 0.3) is 0 Å². The second-order valence-electron chi connectivity index (χ2n) is 5.77. The number of aryl methyl sites for hydroxylation is 1. The average Bonchev–Trinajstić information content (AvgIpc) is 2.22. The van der Waals surface area contributed by atoms with Gasteiger partial charge in [-0.15, -0.1) is 0 Å². The lowest BCUT2D eigenvalue weighted by molar-refractivity contribution is -0.385. The van der Waals surface area contributed by atoms with Gasteiger partial charge < -0.3 is 11.1 Å². The Morgan fingerprint density at radius 2 is 2.00 bits per heavy atom. The highest BCUT2D eigenvalue weighted by Gasteiger charge is 2.24. The maximum atomic E-state index is 11.0. The van der Waals surface area contributed by atoms with Crippen molar-refractivity contribution in [3.8, 4) is 0 Å². The van der Waals surface area contributed by atoms with Gasteiger partial charge in [0, 0.05) is 6.54 Å². The minimum Gasteiger partial charge on any atom is -0.368 e. The molecule has 0 aliphatic carbocycles. The normalized spacial score (nSPS) is 13.1. The van der Waals surface area contributed by atoms with E-state index in [-0.39, 0.29) is 28.6 Å². The van der Waals surface area contributed by atoms with Gasteiger partial charge in [-0.25, -0.2) is 4.98 Å². The van der Waals surface area contributed by atoms with E-state index in [0.717, 1.165) is 0 Å². The summed E-state index contributed by atoms with van der Waals surface area (Å²) in [5.74, 6) is 0.545. The van der Waals surface area contributed by atoms with E-state index < -0.39 is 4.92 Å². The third-order valence-electron chi connectivity index (χ3n) is 3.31. The van der Waals surface area contributed by atoms with Crippen LogP contribution in [0.1, 0.15) is 33.4 Å². The largest absolute Gasteiger partial charge is 0.368 e. The van der Waals surface area contributed by atoms with Gasteiger partial charge in [-0.05, 0) is 18.3 Å². The van der Waals surface area contributed by atoms with Gasteiger partial charge in [-0.1, -0.05) is 27.7 Å². The number of nitrogens with two attached hydrogens (primary N) is 1. The summed E-state index contributed by atoms with van der Waals surface area (Å²) < 4.78 is 0. The van der Waals surface area contributed by atoms with Crippen LogP contribution in [0.5, 0.6) is 0 Å². The molecule has 0 aliphatic heterocycles. The second-order valence-corrected chi connectivity index (χ2v) is 5.77. The molecule has 3 N–H and O–H groups in total. The lowest BCUT2D eigenvalue weighted by Crippen LogP contribution is -2.25. The Morgan fingerprint density at radius 1 is 1.42 bits per heavy atom. The van der Waals surface area contributed by atoms with Crippen molar-refractivity contribution in [1.29, 1.82) is 0 Å². The Labute approximate surface area is 112 Å². The predicted octanol–water partition coefficient (Wildman–Crippen LogP) is 2.37. The smallest absolute Gasteiger partial charge is 0.332 e. The van der Waals surface area contributed by atoms with Gasteiger partial charge in [0.05, 0.1) is 4.92 Å². The minimum absolute atomic E-state index is 0.0361. The molecular weight excluding hydrogens is 246 g/mol. The molecule has 7 nitrogen and oxygen atoms in total. The summed E-state index contributed by atoms with van der Waals surface area (Å²) in [7, 11) is 0. The van der Waals surface area contributed by atoms with Gasteiger partial charge >= 0.3 is 5.69 Å². The first-order chi connectivity index (χ1) is 8.62. The first-order valence-electron chi connectivity index (χ1n) is 6.15. The molecule has 1 atom stereocenters. The van der Waals surface area contributed by atoms with Gasteiger partial charge in [0.1, 0.15) is 5.69 Å². The molecule has 19 heavy (non-hydrogen) atoms. The van der Waals surface area contributed by atoms with Crippen molar-refractivity contribution in [3.63, 3.8) is 0 Å². The first kappa shape index (κ1) is 15.1. The van der Waals surface area contributed by atoms with Gasteiger partial charge in [-0.3, -0.25) is 10.1 Å². The number of hydrogen-bond donors (Lipinski definition) is 2. The number of nitrogens with zero attached hydrogens (tertiary/aromatic N) is 3. The molecule has 1 unspecified atom stereocenters. The van der Waals surface area contributed by atoms with E-state index in [4.69, 9.17) is 5.73 Å². The number of aromatic nitrogens is 2. The molecule has 7 heteroatoms. The van der Waals surface area contributed by atoms with Crippen molar-refractivity contribution in [2.75, 3.05) is 17.6 Å². The summed E-state index contributed by atoms with van der Waals surface area (Å²) in [6.07, 6.45) is 0. The number of nitrogen functional groups attached to an aromatic ring is 1. The van der Waals surface area contributed by atoms with Crippen molar-refractivity contribution in [2.45, 2.75) is 34.6 Å².